The molecule has 1 saturated carbocycles. The quantitative estimate of drug-likeness (QED) is 0.925. The van der Waals surface area contributed by atoms with Gasteiger partial charge in [0.15, 0.2) is 0 Å². The van der Waals surface area contributed by atoms with Crippen molar-refractivity contribution in [2.24, 2.45) is 17.8 Å². The third-order valence-electron chi connectivity index (χ3n) is 4.89. The van der Waals surface area contributed by atoms with Gasteiger partial charge in [0.1, 0.15) is 0 Å². The number of hydrogen-bond acceptors (Lipinski definition) is 2. The molecule has 1 aliphatic heterocycles. The monoisotopic (exact) mass is 287 g/mol. The van der Waals surface area contributed by atoms with Crippen molar-refractivity contribution in [3.8, 4) is 0 Å². The summed E-state index contributed by atoms with van der Waals surface area (Å²) in [5.74, 6) is -0.640. The van der Waals surface area contributed by atoms with Gasteiger partial charge in [0.05, 0.1) is 11.8 Å². The van der Waals surface area contributed by atoms with Gasteiger partial charge in [-0.3, -0.25) is 9.59 Å². The first-order valence-corrected chi connectivity index (χ1v) is 7.64. The summed E-state index contributed by atoms with van der Waals surface area (Å²) in [6, 6.07) is 9.68. The summed E-state index contributed by atoms with van der Waals surface area (Å²) in [6.07, 6.45) is 2.23. The first-order valence-electron chi connectivity index (χ1n) is 7.64. The summed E-state index contributed by atoms with van der Waals surface area (Å²) in [7, 11) is 0. The Bertz CT molecular complexity index is 538. The summed E-state index contributed by atoms with van der Waals surface area (Å²) in [5, 5.41) is 9.38. The topological polar surface area (TPSA) is 57.6 Å². The van der Waals surface area contributed by atoms with E-state index in [4.69, 9.17) is 0 Å². The fourth-order valence-corrected chi connectivity index (χ4v) is 3.43. The van der Waals surface area contributed by atoms with Gasteiger partial charge in [-0.25, -0.2) is 0 Å². The number of carboxylic acid groups (broad SMARTS) is 1. The van der Waals surface area contributed by atoms with Crippen LogP contribution in [0.2, 0.25) is 0 Å². The van der Waals surface area contributed by atoms with Crippen molar-refractivity contribution >= 4 is 11.9 Å². The summed E-state index contributed by atoms with van der Waals surface area (Å²) in [5.41, 5.74) is 0.990. The van der Waals surface area contributed by atoms with Gasteiger partial charge in [-0.05, 0) is 37.2 Å². The van der Waals surface area contributed by atoms with Gasteiger partial charge in [0.25, 0.3) is 0 Å². The van der Waals surface area contributed by atoms with Crippen LogP contribution < -0.4 is 0 Å². The maximum Gasteiger partial charge on any atom is 0.308 e. The van der Waals surface area contributed by atoms with Crippen LogP contribution in [0.15, 0.2) is 30.3 Å². The van der Waals surface area contributed by atoms with E-state index in [0.717, 1.165) is 18.4 Å². The van der Waals surface area contributed by atoms with E-state index in [1.165, 1.54) is 0 Å². The zero-order valence-electron chi connectivity index (χ0n) is 12.2. The Morgan fingerprint density at radius 3 is 2.43 bits per heavy atom. The molecule has 1 N–H and O–H groups in total. The number of amides is 1. The van der Waals surface area contributed by atoms with Crippen molar-refractivity contribution in [3.05, 3.63) is 35.9 Å². The molecule has 0 radical (unpaired) electrons. The number of benzene rings is 1. The number of aliphatic carboxylic acids is 1. The molecule has 3 atom stereocenters. The molecule has 0 spiro atoms. The van der Waals surface area contributed by atoms with Crippen molar-refractivity contribution in [3.63, 3.8) is 0 Å². The average Bonchev–Trinajstić information content (AvgIpc) is 3.25. The number of carboxylic acids is 1. The predicted octanol–water partition coefficient (Wildman–Crippen LogP) is 2.36. The SMILES string of the molecule is CC(C(=O)N1C[C@H](C(=O)O)[C@@H](C2CC2)C1)c1ccccc1. The molecule has 0 aromatic heterocycles. The fraction of sp³-hybridized carbons (Fsp3) is 0.529. The van der Waals surface area contributed by atoms with Gasteiger partial charge in [0.2, 0.25) is 5.91 Å². The lowest BCUT2D eigenvalue weighted by Crippen LogP contribution is -2.33. The van der Waals surface area contributed by atoms with E-state index in [1.54, 1.807) is 4.90 Å². The normalized spacial score (nSPS) is 26.6. The van der Waals surface area contributed by atoms with E-state index in [-0.39, 0.29) is 23.7 Å². The van der Waals surface area contributed by atoms with Crippen molar-refractivity contribution in [1.29, 1.82) is 0 Å². The molecule has 4 heteroatoms. The Balaban J connectivity index is 1.72. The minimum atomic E-state index is -0.755. The molecule has 1 heterocycles. The highest BCUT2D eigenvalue weighted by Gasteiger charge is 2.47. The second kappa shape index (κ2) is 5.51. The zero-order valence-corrected chi connectivity index (χ0v) is 12.2. The van der Waals surface area contributed by atoms with Gasteiger partial charge >= 0.3 is 5.97 Å². The van der Waals surface area contributed by atoms with Crippen LogP contribution in [0.3, 0.4) is 0 Å². The third-order valence-corrected chi connectivity index (χ3v) is 4.89. The number of likely N-dealkylation sites (tertiary alicyclic amines) is 1. The van der Waals surface area contributed by atoms with E-state index in [1.807, 2.05) is 37.3 Å². The lowest BCUT2D eigenvalue weighted by atomic mass is 9.92. The molecule has 21 heavy (non-hydrogen) atoms. The van der Waals surface area contributed by atoms with Gasteiger partial charge in [-0.15, -0.1) is 0 Å². The molecule has 1 unspecified atom stereocenters. The molecular weight excluding hydrogens is 266 g/mol. The third kappa shape index (κ3) is 2.80. The molecule has 1 aliphatic carbocycles. The predicted molar refractivity (Wildman–Crippen MR) is 78.8 cm³/mol. The number of hydrogen-bond donors (Lipinski definition) is 1. The minimum Gasteiger partial charge on any atom is -0.481 e. The van der Waals surface area contributed by atoms with Crippen LogP contribution in [-0.4, -0.2) is 35.0 Å². The van der Waals surface area contributed by atoms with Crippen molar-refractivity contribution in [2.45, 2.75) is 25.7 Å². The lowest BCUT2D eigenvalue weighted by Gasteiger charge is -2.21. The first-order chi connectivity index (χ1) is 10.1. The molecular formula is C17H21NO3. The second-order valence-corrected chi connectivity index (χ2v) is 6.32. The van der Waals surface area contributed by atoms with Crippen LogP contribution in [0.25, 0.3) is 0 Å². The minimum absolute atomic E-state index is 0.0515. The molecule has 4 nitrogen and oxygen atoms in total. The largest absolute Gasteiger partial charge is 0.481 e. The standard InChI is InChI=1S/C17H21NO3/c1-11(12-5-3-2-4-6-12)16(19)18-9-14(13-7-8-13)15(10-18)17(20)21/h2-6,11,13-15H,7-10H2,1H3,(H,20,21)/t11?,14-,15+/m1/s1. The maximum atomic E-state index is 12.6. The zero-order chi connectivity index (χ0) is 15.0. The smallest absolute Gasteiger partial charge is 0.308 e. The van der Waals surface area contributed by atoms with E-state index in [0.29, 0.717) is 19.0 Å². The van der Waals surface area contributed by atoms with Crippen LogP contribution >= 0.6 is 0 Å². The molecule has 0 bridgehead atoms. The van der Waals surface area contributed by atoms with Gasteiger partial charge in [-0.1, -0.05) is 30.3 Å². The number of nitrogens with zero attached hydrogens (tertiary/aromatic N) is 1. The molecule has 1 amide bonds. The highest BCUT2D eigenvalue weighted by Crippen LogP contribution is 2.44. The van der Waals surface area contributed by atoms with E-state index >= 15 is 0 Å². The molecule has 2 aliphatic rings. The summed E-state index contributed by atoms with van der Waals surface area (Å²) >= 11 is 0. The van der Waals surface area contributed by atoms with Crippen LogP contribution in [-0.2, 0) is 9.59 Å². The Kier molecular flexibility index (Phi) is 3.70. The Morgan fingerprint density at radius 2 is 1.86 bits per heavy atom. The van der Waals surface area contributed by atoms with Crippen LogP contribution in [0.1, 0.15) is 31.2 Å². The molecule has 2 fully saturated rings. The van der Waals surface area contributed by atoms with Gasteiger partial charge in [-0.2, -0.15) is 0 Å². The Hall–Kier alpha value is -1.84. The van der Waals surface area contributed by atoms with Gasteiger partial charge in [0, 0.05) is 13.1 Å². The number of carbonyl (C=O) groups excluding carboxylic acids is 1. The highest BCUT2D eigenvalue weighted by atomic mass is 16.4. The maximum absolute atomic E-state index is 12.6. The Morgan fingerprint density at radius 1 is 1.19 bits per heavy atom. The molecule has 1 aromatic rings. The van der Waals surface area contributed by atoms with E-state index in [9.17, 15) is 14.7 Å². The van der Waals surface area contributed by atoms with Crippen LogP contribution in [0.5, 0.6) is 0 Å². The van der Waals surface area contributed by atoms with E-state index < -0.39 is 5.97 Å². The lowest BCUT2D eigenvalue weighted by molar-refractivity contribution is -0.142. The van der Waals surface area contributed by atoms with Crippen molar-refractivity contribution in [1.82, 2.24) is 4.90 Å². The first kappa shape index (κ1) is 14.1. The molecule has 112 valence electrons. The fourth-order valence-electron chi connectivity index (χ4n) is 3.43. The molecule has 3 rings (SSSR count). The van der Waals surface area contributed by atoms with Gasteiger partial charge < -0.3 is 10.0 Å². The summed E-state index contributed by atoms with van der Waals surface area (Å²) < 4.78 is 0. The van der Waals surface area contributed by atoms with Crippen LogP contribution in [0, 0.1) is 17.8 Å². The van der Waals surface area contributed by atoms with E-state index in [2.05, 4.69) is 0 Å². The summed E-state index contributed by atoms with van der Waals surface area (Å²) in [4.78, 5) is 25.8. The Labute approximate surface area is 124 Å². The highest BCUT2D eigenvalue weighted by molar-refractivity contribution is 5.84. The summed E-state index contributed by atoms with van der Waals surface area (Å²) in [6.45, 7) is 2.88. The second-order valence-electron chi connectivity index (χ2n) is 6.32. The number of rotatable bonds is 4. The molecule has 1 saturated heterocycles. The number of carbonyl (C=O) groups is 2. The van der Waals surface area contributed by atoms with Crippen molar-refractivity contribution in [2.75, 3.05) is 13.1 Å². The van der Waals surface area contributed by atoms with Crippen LogP contribution in [0.4, 0.5) is 0 Å². The molecule has 1 aromatic carbocycles. The van der Waals surface area contributed by atoms with Crippen molar-refractivity contribution < 1.29 is 14.7 Å². The average molecular weight is 287 g/mol.